The Morgan fingerprint density at radius 2 is 1.62 bits per heavy atom. The number of pyridine rings is 1. The summed E-state index contributed by atoms with van der Waals surface area (Å²) in [6, 6.07) is 4.20. The first kappa shape index (κ1) is 18.1. The first-order valence-electron chi connectivity index (χ1n) is 8.20. The molecule has 120 valence electrons. The molecule has 0 saturated heterocycles. The highest BCUT2D eigenvalue weighted by Gasteiger charge is 2.34. The number of hydrogen-bond acceptors (Lipinski definition) is 3. The van der Waals surface area contributed by atoms with E-state index in [0.717, 1.165) is 32.4 Å². The van der Waals surface area contributed by atoms with Crippen LogP contribution in [0.25, 0.3) is 0 Å². The molecule has 0 bridgehead atoms. The highest BCUT2D eigenvalue weighted by molar-refractivity contribution is 5.10. The van der Waals surface area contributed by atoms with Gasteiger partial charge in [-0.05, 0) is 55.8 Å². The Kier molecular flexibility index (Phi) is 7.33. The average molecular weight is 291 g/mol. The SMILES string of the molecule is CC(C)CC(CN)(CC(C)C)N(C)CCc1ccncc1. The molecule has 0 aliphatic carbocycles. The zero-order chi connectivity index (χ0) is 15.9. The van der Waals surface area contributed by atoms with E-state index in [-0.39, 0.29) is 5.54 Å². The zero-order valence-corrected chi connectivity index (χ0v) is 14.5. The largest absolute Gasteiger partial charge is 0.329 e. The van der Waals surface area contributed by atoms with Gasteiger partial charge in [-0.25, -0.2) is 0 Å². The van der Waals surface area contributed by atoms with E-state index in [0.29, 0.717) is 11.8 Å². The molecule has 0 aliphatic rings. The van der Waals surface area contributed by atoms with E-state index in [1.54, 1.807) is 0 Å². The van der Waals surface area contributed by atoms with Gasteiger partial charge >= 0.3 is 0 Å². The van der Waals surface area contributed by atoms with Gasteiger partial charge in [-0.1, -0.05) is 27.7 Å². The topological polar surface area (TPSA) is 42.1 Å². The van der Waals surface area contributed by atoms with Crippen LogP contribution in [0.2, 0.25) is 0 Å². The van der Waals surface area contributed by atoms with Gasteiger partial charge in [0.2, 0.25) is 0 Å². The summed E-state index contributed by atoms with van der Waals surface area (Å²) in [6.45, 7) is 10.9. The normalized spacial score (nSPS) is 12.6. The summed E-state index contributed by atoms with van der Waals surface area (Å²) in [4.78, 5) is 6.58. The smallest absolute Gasteiger partial charge is 0.0333 e. The van der Waals surface area contributed by atoms with Crippen LogP contribution in [0.4, 0.5) is 0 Å². The molecule has 21 heavy (non-hydrogen) atoms. The molecular weight excluding hydrogens is 258 g/mol. The zero-order valence-electron chi connectivity index (χ0n) is 14.5. The number of likely N-dealkylation sites (N-methyl/N-ethyl adjacent to an activating group) is 1. The molecule has 0 aliphatic heterocycles. The third-order valence-corrected chi connectivity index (χ3v) is 4.25. The van der Waals surface area contributed by atoms with Crippen LogP contribution in [0.15, 0.2) is 24.5 Å². The number of nitrogens with zero attached hydrogens (tertiary/aromatic N) is 2. The van der Waals surface area contributed by atoms with Crippen molar-refractivity contribution in [3.63, 3.8) is 0 Å². The van der Waals surface area contributed by atoms with Crippen molar-refractivity contribution in [1.29, 1.82) is 0 Å². The lowest BCUT2D eigenvalue weighted by atomic mass is 9.80. The first-order chi connectivity index (χ1) is 9.89. The van der Waals surface area contributed by atoms with Gasteiger partial charge in [0, 0.05) is 31.0 Å². The Morgan fingerprint density at radius 1 is 1.10 bits per heavy atom. The Labute approximate surface area is 130 Å². The fraction of sp³-hybridized carbons (Fsp3) is 0.722. The van der Waals surface area contributed by atoms with Gasteiger partial charge in [0.1, 0.15) is 0 Å². The van der Waals surface area contributed by atoms with E-state index in [4.69, 9.17) is 5.73 Å². The van der Waals surface area contributed by atoms with Crippen molar-refractivity contribution in [2.45, 2.75) is 52.5 Å². The molecule has 3 heteroatoms. The standard InChI is InChI=1S/C18H33N3/c1-15(2)12-18(14-19,13-16(3)4)21(5)11-8-17-6-9-20-10-7-17/h6-7,9-10,15-16H,8,11-14,19H2,1-5H3. The summed E-state index contributed by atoms with van der Waals surface area (Å²) >= 11 is 0. The van der Waals surface area contributed by atoms with Gasteiger partial charge in [0.05, 0.1) is 0 Å². The van der Waals surface area contributed by atoms with Crippen LogP contribution in [0.3, 0.4) is 0 Å². The monoisotopic (exact) mass is 291 g/mol. The van der Waals surface area contributed by atoms with Gasteiger partial charge in [-0.15, -0.1) is 0 Å². The van der Waals surface area contributed by atoms with Crippen LogP contribution in [-0.4, -0.2) is 35.6 Å². The van der Waals surface area contributed by atoms with Crippen molar-refractivity contribution >= 4 is 0 Å². The quantitative estimate of drug-likeness (QED) is 0.758. The molecule has 0 aromatic carbocycles. The number of nitrogens with two attached hydrogens (primary N) is 1. The average Bonchev–Trinajstić information content (AvgIpc) is 2.44. The van der Waals surface area contributed by atoms with E-state index in [1.165, 1.54) is 5.56 Å². The molecule has 0 spiro atoms. The molecule has 0 radical (unpaired) electrons. The second-order valence-corrected chi connectivity index (χ2v) is 7.15. The minimum Gasteiger partial charge on any atom is -0.329 e. The van der Waals surface area contributed by atoms with Gasteiger partial charge in [-0.2, -0.15) is 0 Å². The lowest BCUT2D eigenvalue weighted by molar-refractivity contribution is 0.0792. The molecular formula is C18H33N3. The Morgan fingerprint density at radius 3 is 2.05 bits per heavy atom. The van der Waals surface area contributed by atoms with E-state index in [9.17, 15) is 0 Å². The fourth-order valence-corrected chi connectivity index (χ4v) is 3.32. The van der Waals surface area contributed by atoms with Crippen molar-refractivity contribution in [3.8, 4) is 0 Å². The minimum atomic E-state index is 0.120. The van der Waals surface area contributed by atoms with Crippen molar-refractivity contribution in [2.75, 3.05) is 20.1 Å². The van der Waals surface area contributed by atoms with E-state index in [2.05, 4.69) is 56.8 Å². The predicted molar refractivity (Wildman–Crippen MR) is 91.3 cm³/mol. The van der Waals surface area contributed by atoms with E-state index >= 15 is 0 Å². The van der Waals surface area contributed by atoms with Crippen LogP contribution in [0.5, 0.6) is 0 Å². The summed E-state index contributed by atoms with van der Waals surface area (Å²) in [6.07, 6.45) is 7.11. The molecule has 1 aromatic rings. The van der Waals surface area contributed by atoms with Crippen molar-refractivity contribution < 1.29 is 0 Å². The van der Waals surface area contributed by atoms with E-state index in [1.807, 2.05) is 12.4 Å². The molecule has 0 saturated carbocycles. The summed E-state index contributed by atoms with van der Waals surface area (Å²) in [5.41, 5.74) is 7.69. The Bertz CT molecular complexity index is 377. The second-order valence-electron chi connectivity index (χ2n) is 7.15. The molecule has 3 nitrogen and oxygen atoms in total. The highest BCUT2D eigenvalue weighted by Crippen LogP contribution is 2.29. The number of aromatic nitrogens is 1. The maximum Gasteiger partial charge on any atom is 0.0333 e. The third kappa shape index (κ3) is 5.76. The Balaban J connectivity index is 2.76. The molecule has 0 amide bonds. The maximum atomic E-state index is 6.22. The summed E-state index contributed by atoms with van der Waals surface area (Å²) < 4.78 is 0. The van der Waals surface area contributed by atoms with E-state index < -0.39 is 0 Å². The third-order valence-electron chi connectivity index (χ3n) is 4.25. The summed E-state index contributed by atoms with van der Waals surface area (Å²) in [5, 5.41) is 0. The van der Waals surface area contributed by atoms with Gasteiger partial charge < -0.3 is 5.73 Å². The second kappa shape index (κ2) is 8.50. The van der Waals surface area contributed by atoms with Crippen LogP contribution in [-0.2, 0) is 6.42 Å². The molecule has 1 rings (SSSR count). The highest BCUT2D eigenvalue weighted by atomic mass is 15.2. The maximum absolute atomic E-state index is 6.22. The predicted octanol–water partition coefficient (Wildman–Crippen LogP) is 3.35. The summed E-state index contributed by atoms with van der Waals surface area (Å²) in [5.74, 6) is 1.33. The number of rotatable bonds is 9. The molecule has 0 fully saturated rings. The fourth-order valence-electron chi connectivity index (χ4n) is 3.32. The van der Waals surface area contributed by atoms with Crippen molar-refractivity contribution in [1.82, 2.24) is 9.88 Å². The molecule has 0 atom stereocenters. The lowest BCUT2D eigenvalue weighted by Gasteiger charge is -2.44. The lowest BCUT2D eigenvalue weighted by Crippen LogP contribution is -2.54. The van der Waals surface area contributed by atoms with Crippen molar-refractivity contribution in [3.05, 3.63) is 30.1 Å². The summed E-state index contributed by atoms with van der Waals surface area (Å²) in [7, 11) is 2.23. The van der Waals surface area contributed by atoms with Crippen molar-refractivity contribution in [2.24, 2.45) is 17.6 Å². The number of hydrogen-bond donors (Lipinski definition) is 1. The minimum absolute atomic E-state index is 0.120. The molecule has 1 aromatic heterocycles. The van der Waals surface area contributed by atoms with Gasteiger partial charge in [-0.3, -0.25) is 9.88 Å². The van der Waals surface area contributed by atoms with Crippen LogP contribution in [0.1, 0.15) is 46.1 Å². The molecule has 2 N–H and O–H groups in total. The Hall–Kier alpha value is -0.930. The van der Waals surface area contributed by atoms with Gasteiger partial charge in [0.25, 0.3) is 0 Å². The van der Waals surface area contributed by atoms with Crippen LogP contribution >= 0.6 is 0 Å². The van der Waals surface area contributed by atoms with Crippen LogP contribution in [0, 0.1) is 11.8 Å². The molecule has 1 heterocycles. The first-order valence-corrected chi connectivity index (χ1v) is 8.20. The van der Waals surface area contributed by atoms with Gasteiger partial charge in [0.15, 0.2) is 0 Å². The molecule has 0 unspecified atom stereocenters. The van der Waals surface area contributed by atoms with Crippen LogP contribution < -0.4 is 5.73 Å².